The minimum absolute atomic E-state index is 0.00720. The Balaban J connectivity index is 2.57. The van der Waals surface area contributed by atoms with Gasteiger partial charge in [-0.15, -0.1) is 0 Å². The molecule has 1 amide bonds. The van der Waals surface area contributed by atoms with Gasteiger partial charge in [-0.05, 0) is 25.5 Å². The van der Waals surface area contributed by atoms with Gasteiger partial charge in [-0.25, -0.2) is 4.79 Å². The average molecular weight is 279 g/mol. The largest absolute Gasteiger partial charge is 0.480 e. The Bertz CT molecular complexity index is 472. The fourth-order valence-corrected chi connectivity index (χ4v) is 1.58. The van der Waals surface area contributed by atoms with Crippen molar-refractivity contribution in [2.24, 2.45) is 0 Å². The van der Waals surface area contributed by atoms with E-state index < -0.39 is 23.9 Å². The third-order valence-electron chi connectivity index (χ3n) is 2.58. The summed E-state index contributed by atoms with van der Waals surface area (Å²) in [5.74, 6) is -2.15. The summed E-state index contributed by atoms with van der Waals surface area (Å²) in [6.07, 6.45) is -0.0629. The number of aliphatic carboxylic acids is 1. The van der Waals surface area contributed by atoms with Gasteiger partial charge >= 0.3 is 11.9 Å². The summed E-state index contributed by atoms with van der Waals surface area (Å²) in [6, 6.07) is 7.17. The number of hydrogen-bond acceptors (Lipinski definition) is 4. The number of amides is 1. The fourth-order valence-electron chi connectivity index (χ4n) is 1.58. The molecule has 0 spiro atoms. The molecule has 1 aromatic carbocycles. The van der Waals surface area contributed by atoms with Crippen LogP contribution in [0.3, 0.4) is 0 Å². The molecule has 0 aliphatic rings. The SMILES string of the molecule is CCOC(=O)CCC(NC(=O)c1ccccc1)C(=O)O. The zero-order chi connectivity index (χ0) is 15.0. The Hall–Kier alpha value is -2.37. The normalized spacial score (nSPS) is 11.4. The zero-order valence-corrected chi connectivity index (χ0v) is 11.2. The van der Waals surface area contributed by atoms with Gasteiger partial charge in [0.1, 0.15) is 6.04 Å². The molecule has 0 saturated carbocycles. The van der Waals surface area contributed by atoms with Crippen LogP contribution in [0.4, 0.5) is 0 Å². The van der Waals surface area contributed by atoms with E-state index in [2.05, 4.69) is 5.32 Å². The maximum absolute atomic E-state index is 11.8. The summed E-state index contributed by atoms with van der Waals surface area (Å²) >= 11 is 0. The second-order valence-corrected chi connectivity index (χ2v) is 4.07. The maximum atomic E-state index is 11.8. The highest BCUT2D eigenvalue weighted by atomic mass is 16.5. The Morgan fingerprint density at radius 3 is 2.45 bits per heavy atom. The van der Waals surface area contributed by atoms with Gasteiger partial charge in [0.25, 0.3) is 5.91 Å². The van der Waals surface area contributed by atoms with Gasteiger partial charge in [0, 0.05) is 12.0 Å². The minimum Gasteiger partial charge on any atom is -0.480 e. The number of rotatable bonds is 7. The molecule has 0 aliphatic carbocycles. The molecule has 0 radical (unpaired) electrons. The molecule has 0 heterocycles. The number of carboxylic acids is 1. The highest BCUT2D eigenvalue weighted by Crippen LogP contribution is 2.04. The summed E-state index contributed by atoms with van der Waals surface area (Å²) < 4.78 is 4.72. The fraction of sp³-hybridized carbons (Fsp3) is 0.357. The highest BCUT2D eigenvalue weighted by Gasteiger charge is 2.21. The Labute approximate surface area is 116 Å². The number of esters is 1. The number of carbonyl (C=O) groups is 3. The molecule has 1 rings (SSSR count). The van der Waals surface area contributed by atoms with Crippen molar-refractivity contribution in [3.63, 3.8) is 0 Å². The first-order valence-corrected chi connectivity index (χ1v) is 6.29. The molecule has 1 atom stereocenters. The molecule has 6 nitrogen and oxygen atoms in total. The number of hydrogen-bond donors (Lipinski definition) is 2. The molecule has 0 aromatic heterocycles. The van der Waals surface area contributed by atoms with Crippen LogP contribution in [0.5, 0.6) is 0 Å². The Kier molecular flexibility index (Phi) is 6.22. The molecule has 2 N–H and O–H groups in total. The molecule has 6 heteroatoms. The van der Waals surface area contributed by atoms with E-state index in [1.165, 1.54) is 0 Å². The smallest absolute Gasteiger partial charge is 0.326 e. The van der Waals surface area contributed by atoms with Crippen molar-refractivity contribution in [3.05, 3.63) is 35.9 Å². The van der Waals surface area contributed by atoms with Crippen LogP contribution < -0.4 is 5.32 Å². The van der Waals surface area contributed by atoms with E-state index in [9.17, 15) is 14.4 Å². The van der Waals surface area contributed by atoms with E-state index in [1.807, 2.05) is 0 Å². The van der Waals surface area contributed by atoms with Gasteiger partial charge in [0.05, 0.1) is 6.61 Å². The molecule has 108 valence electrons. The van der Waals surface area contributed by atoms with Crippen LogP contribution in [0.15, 0.2) is 30.3 Å². The maximum Gasteiger partial charge on any atom is 0.326 e. The Morgan fingerprint density at radius 2 is 1.90 bits per heavy atom. The molecular formula is C14H17NO5. The number of carboxylic acid groups (broad SMARTS) is 1. The molecule has 20 heavy (non-hydrogen) atoms. The summed E-state index contributed by atoms with van der Waals surface area (Å²) in [6.45, 7) is 1.91. The quantitative estimate of drug-likeness (QED) is 0.732. The van der Waals surface area contributed by atoms with Crippen LogP contribution >= 0.6 is 0 Å². The van der Waals surface area contributed by atoms with Crippen molar-refractivity contribution in [3.8, 4) is 0 Å². The van der Waals surface area contributed by atoms with Crippen LogP contribution in [-0.4, -0.2) is 35.6 Å². The second kappa shape index (κ2) is 7.93. The van der Waals surface area contributed by atoms with Crippen molar-refractivity contribution in [1.29, 1.82) is 0 Å². The van der Waals surface area contributed by atoms with Crippen molar-refractivity contribution < 1.29 is 24.2 Å². The molecular weight excluding hydrogens is 262 g/mol. The van der Waals surface area contributed by atoms with Crippen LogP contribution in [0, 0.1) is 0 Å². The number of ether oxygens (including phenoxy) is 1. The van der Waals surface area contributed by atoms with Gasteiger partial charge in [-0.2, -0.15) is 0 Å². The molecule has 0 saturated heterocycles. The molecule has 0 fully saturated rings. The molecule has 0 aliphatic heterocycles. The lowest BCUT2D eigenvalue weighted by Crippen LogP contribution is -2.41. The summed E-state index contributed by atoms with van der Waals surface area (Å²) in [7, 11) is 0. The van der Waals surface area contributed by atoms with E-state index in [0.717, 1.165) is 0 Å². The lowest BCUT2D eigenvalue weighted by molar-refractivity contribution is -0.144. The first kappa shape index (κ1) is 15.7. The van der Waals surface area contributed by atoms with Crippen LogP contribution in [0.1, 0.15) is 30.1 Å². The minimum atomic E-state index is -1.18. The van der Waals surface area contributed by atoms with E-state index in [1.54, 1.807) is 37.3 Å². The second-order valence-electron chi connectivity index (χ2n) is 4.07. The predicted molar refractivity (Wildman–Crippen MR) is 71.2 cm³/mol. The number of carbonyl (C=O) groups excluding carboxylic acids is 2. The molecule has 1 aromatic rings. The standard InChI is InChI=1S/C14H17NO5/c1-2-20-12(16)9-8-11(14(18)19)15-13(17)10-6-4-3-5-7-10/h3-7,11H,2,8-9H2,1H3,(H,15,17)(H,18,19). The van der Waals surface area contributed by atoms with Gasteiger partial charge < -0.3 is 15.2 Å². The summed E-state index contributed by atoms with van der Waals surface area (Å²) in [5, 5.41) is 11.4. The number of benzene rings is 1. The summed E-state index contributed by atoms with van der Waals surface area (Å²) in [5.41, 5.74) is 0.370. The van der Waals surface area contributed by atoms with Crippen LogP contribution in [-0.2, 0) is 14.3 Å². The monoisotopic (exact) mass is 279 g/mol. The van der Waals surface area contributed by atoms with E-state index in [4.69, 9.17) is 9.84 Å². The van der Waals surface area contributed by atoms with Gasteiger partial charge in [-0.1, -0.05) is 18.2 Å². The highest BCUT2D eigenvalue weighted by molar-refractivity contribution is 5.96. The van der Waals surface area contributed by atoms with Crippen LogP contribution in [0.25, 0.3) is 0 Å². The predicted octanol–water partition coefficient (Wildman–Crippen LogP) is 1.21. The lowest BCUT2D eigenvalue weighted by atomic mass is 10.1. The molecule has 1 unspecified atom stereocenters. The van der Waals surface area contributed by atoms with Crippen molar-refractivity contribution in [1.82, 2.24) is 5.32 Å². The third kappa shape index (κ3) is 5.09. The van der Waals surface area contributed by atoms with Gasteiger partial charge in [-0.3, -0.25) is 9.59 Å². The lowest BCUT2D eigenvalue weighted by Gasteiger charge is -2.14. The van der Waals surface area contributed by atoms with Crippen molar-refractivity contribution in [2.75, 3.05) is 6.61 Å². The van der Waals surface area contributed by atoms with Gasteiger partial charge in [0.15, 0.2) is 0 Å². The third-order valence-corrected chi connectivity index (χ3v) is 2.58. The average Bonchev–Trinajstić information content (AvgIpc) is 2.44. The summed E-state index contributed by atoms with van der Waals surface area (Å²) in [4.78, 5) is 34.1. The number of nitrogens with one attached hydrogen (secondary N) is 1. The van der Waals surface area contributed by atoms with E-state index in [-0.39, 0.29) is 19.4 Å². The van der Waals surface area contributed by atoms with Crippen LogP contribution in [0.2, 0.25) is 0 Å². The zero-order valence-electron chi connectivity index (χ0n) is 11.2. The first-order chi connectivity index (χ1) is 9.54. The van der Waals surface area contributed by atoms with E-state index >= 15 is 0 Å². The van der Waals surface area contributed by atoms with E-state index in [0.29, 0.717) is 5.56 Å². The van der Waals surface area contributed by atoms with Gasteiger partial charge in [0.2, 0.25) is 0 Å². The first-order valence-electron chi connectivity index (χ1n) is 6.29. The molecule has 0 bridgehead atoms. The topological polar surface area (TPSA) is 92.7 Å². The van der Waals surface area contributed by atoms with Crippen molar-refractivity contribution in [2.45, 2.75) is 25.8 Å². The Morgan fingerprint density at radius 1 is 1.25 bits per heavy atom. The van der Waals surface area contributed by atoms with Crippen molar-refractivity contribution >= 4 is 17.8 Å².